The van der Waals surface area contributed by atoms with Crippen LogP contribution < -0.4 is 10.1 Å². The molecular formula is C23H34N2O4. The Morgan fingerprint density at radius 1 is 1.10 bits per heavy atom. The van der Waals surface area contributed by atoms with Gasteiger partial charge in [0.25, 0.3) is 5.91 Å². The molecule has 1 aliphatic heterocycles. The van der Waals surface area contributed by atoms with Gasteiger partial charge in [-0.1, -0.05) is 32.1 Å². The number of phenols is 1. The largest absolute Gasteiger partial charge is 0.508 e. The van der Waals surface area contributed by atoms with Gasteiger partial charge in [-0.15, -0.1) is 0 Å². The average Bonchev–Trinajstić information content (AvgIpc) is 2.75. The zero-order chi connectivity index (χ0) is 20.6. The maximum Gasteiger partial charge on any atom is 0.260 e. The van der Waals surface area contributed by atoms with Gasteiger partial charge in [-0.2, -0.15) is 0 Å². The van der Waals surface area contributed by atoms with Crippen LogP contribution in [0.4, 0.5) is 0 Å². The number of ether oxygens (including phenoxy) is 1. The second-order valence-corrected chi connectivity index (χ2v) is 8.46. The molecule has 0 aromatic heterocycles. The number of piperidine rings is 1. The second kappa shape index (κ2) is 10.5. The van der Waals surface area contributed by atoms with E-state index in [0.29, 0.717) is 25.3 Å². The zero-order valence-corrected chi connectivity index (χ0v) is 17.4. The predicted octanol–water partition coefficient (Wildman–Crippen LogP) is 3.63. The third kappa shape index (κ3) is 6.65. The maximum atomic E-state index is 12.5. The minimum Gasteiger partial charge on any atom is -0.508 e. The second-order valence-electron chi connectivity index (χ2n) is 8.46. The van der Waals surface area contributed by atoms with Gasteiger partial charge in [-0.05, 0) is 56.4 Å². The lowest BCUT2D eigenvalue weighted by atomic mass is 9.86. The van der Waals surface area contributed by atoms with Gasteiger partial charge in [-0.25, -0.2) is 0 Å². The van der Waals surface area contributed by atoms with Crippen molar-refractivity contribution in [3.05, 3.63) is 24.3 Å². The molecule has 1 unspecified atom stereocenters. The number of hydrogen-bond acceptors (Lipinski definition) is 4. The summed E-state index contributed by atoms with van der Waals surface area (Å²) in [4.78, 5) is 26.9. The number of nitrogens with zero attached hydrogens (tertiary/aromatic N) is 1. The highest BCUT2D eigenvalue weighted by molar-refractivity contribution is 5.81. The number of nitrogens with one attached hydrogen (secondary N) is 1. The first-order valence-corrected chi connectivity index (χ1v) is 11.0. The first-order valence-electron chi connectivity index (χ1n) is 11.0. The first-order chi connectivity index (χ1) is 14.0. The quantitative estimate of drug-likeness (QED) is 0.730. The molecule has 6 nitrogen and oxygen atoms in total. The van der Waals surface area contributed by atoms with Gasteiger partial charge in [0.2, 0.25) is 5.91 Å². The maximum absolute atomic E-state index is 12.5. The number of amides is 2. The van der Waals surface area contributed by atoms with Crippen LogP contribution in [0.25, 0.3) is 0 Å². The highest BCUT2D eigenvalue weighted by atomic mass is 16.5. The normalized spacial score (nSPS) is 19.6. The molecule has 1 saturated carbocycles. The van der Waals surface area contributed by atoms with Crippen molar-refractivity contribution in [2.24, 2.45) is 5.92 Å². The van der Waals surface area contributed by atoms with E-state index in [1.54, 1.807) is 19.1 Å². The monoisotopic (exact) mass is 402 g/mol. The van der Waals surface area contributed by atoms with Crippen molar-refractivity contribution in [2.75, 3.05) is 13.1 Å². The molecule has 29 heavy (non-hydrogen) atoms. The molecule has 1 aliphatic carbocycles. The fourth-order valence-corrected chi connectivity index (χ4v) is 4.34. The molecule has 1 atom stereocenters. The van der Waals surface area contributed by atoms with Crippen molar-refractivity contribution in [3.8, 4) is 11.5 Å². The Hall–Kier alpha value is -2.24. The smallest absolute Gasteiger partial charge is 0.260 e. The summed E-state index contributed by atoms with van der Waals surface area (Å²) in [5.74, 6) is 1.56. The van der Waals surface area contributed by atoms with Crippen molar-refractivity contribution in [1.29, 1.82) is 0 Å². The number of likely N-dealkylation sites (tertiary alicyclic amines) is 1. The molecule has 2 aliphatic rings. The Morgan fingerprint density at radius 3 is 2.41 bits per heavy atom. The van der Waals surface area contributed by atoms with Gasteiger partial charge in [0.1, 0.15) is 11.5 Å². The molecule has 0 bridgehead atoms. The number of carbonyl (C=O) groups excluding carboxylic acids is 2. The van der Waals surface area contributed by atoms with Gasteiger partial charge in [0.05, 0.1) is 0 Å². The van der Waals surface area contributed by atoms with Crippen molar-refractivity contribution < 1.29 is 19.4 Å². The molecule has 160 valence electrons. The van der Waals surface area contributed by atoms with Crippen molar-refractivity contribution >= 4 is 11.8 Å². The number of rotatable bonds is 7. The highest BCUT2D eigenvalue weighted by Gasteiger charge is 2.26. The molecule has 2 amide bonds. The molecule has 6 heteroatoms. The van der Waals surface area contributed by atoms with E-state index in [-0.39, 0.29) is 23.6 Å². The summed E-state index contributed by atoms with van der Waals surface area (Å²) < 4.78 is 5.63. The molecule has 1 heterocycles. The van der Waals surface area contributed by atoms with E-state index in [1.807, 2.05) is 4.90 Å². The van der Waals surface area contributed by atoms with E-state index in [1.165, 1.54) is 44.2 Å². The minimum absolute atomic E-state index is 0.0794. The van der Waals surface area contributed by atoms with Crippen LogP contribution in [0, 0.1) is 5.92 Å². The van der Waals surface area contributed by atoms with E-state index in [0.717, 1.165) is 25.2 Å². The summed E-state index contributed by atoms with van der Waals surface area (Å²) in [7, 11) is 0. The molecule has 1 saturated heterocycles. The van der Waals surface area contributed by atoms with Crippen LogP contribution in [-0.4, -0.2) is 47.1 Å². The fourth-order valence-electron chi connectivity index (χ4n) is 4.34. The van der Waals surface area contributed by atoms with Crippen LogP contribution in [0.15, 0.2) is 24.3 Å². The highest BCUT2D eigenvalue weighted by Crippen LogP contribution is 2.27. The van der Waals surface area contributed by atoms with Crippen LogP contribution in [0.1, 0.15) is 64.7 Å². The van der Waals surface area contributed by atoms with E-state index in [9.17, 15) is 14.7 Å². The fraction of sp³-hybridized carbons (Fsp3) is 0.652. The van der Waals surface area contributed by atoms with Gasteiger partial charge in [-0.3, -0.25) is 9.59 Å². The third-order valence-corrected chi connectivity index (χ3v) is 6.20. The Morgan fingerprint density at radius 2 is 1.76 bits per heavy atom. The van der Waals surface area contributed by atoms with E-state index < -0.39 is 6.10 Å². The van der Waals surface area contributed by atoms with Crippen LogP contribution >= 0.6 is 0 Å². The summed E-state index contributed by atoms with van der Waals surface area (Å²) >= 11 is 0. The lowest BCUT2D eigenvalue weighted by Crippen LogP contribution is -2.49. The Bertz CT molecular complexity index is 662. The van der Waals surface area contributed by atoms with Crippen LogP contribution in [0.2, 0.25) is 0 Å². The van der Waals surface area contributed by atoms with Crippen LogP contribution in [0.3, 0.4) is 0 Å². The number of phenolic OH excluding ortho intramolecular Hbond substituents is 1. The Balaban J connectivity index is 1.35. The molecule has 0 radical (unpaired) electrons. The van der Waals surface area contributed by atoms with Gasteiger partial charge >= 0.3 is 0 Å². The molecule has 0 spiro atoms. The van der Waals surface area contributed by atoms with Crippen molar-refractivity contribution in [3.63, 3.8) is 0 Å². The van der Waals surface area contributed by atoms with Crippen LogP contribution in [0.5, 0.6) is 11.5 Å². The lowest BCUT2D eigenvalue weighted by Gasteiger charge is -2.33. The Kier molecular flexibility index (Phi) is 7.78. The summed E-state index contributed by atoms with van der Waals surface area (Å²) in [5, 5.41) is 12.4. The van der Waals surface area contributed by atoms with E-state index in [4.69, 9.17) is 4.74 Å². The summed E-state index contributed by atoms with van der Waals surface area (Å²) in [6.07, 6.45) is 9.20. The average molecular weight is 403 g/mol. The summed E-state index contributed by atoms with van der Waals surface area (Å²) in [5.41, 5.74) is 0. The number of hydrogen-bond donors (Lipinski definition) is 2. The molecule has 1 aromatic carbocycles. The third-order valence-electron chi connectivity index (χ3n) is 6.20. The van der Waals surface area contributed by atoms with Gasteiger partial charge < -0.3 is 20.1 Å². The van der Waals surface area contributed by atoms with Gasteiger partial charge in [0.15, 0.2) is 6.10 Å². The SMILES string of the molecule is CC(Oc1ccc(O)cc1)C(=O)NC1CCN(C(=O)CCC2CCCCC2)CC1. The number of aromatic hydroxyl groups is 1. The topological polar surface area (TPSA) is 78.9 Å². The summed E-state index contributed by atoms with van der Waals surface area (Å²) in [6.45, 7) is 3.13. The van der Waals surface area contributed by atoms with Gasteiger partial charge in [0, 0.05) is 25.6 Å². The Labute approximate surface area is 173 Å². The number of benzene rings is 1. The molecule has 3 rings (SSSR count). The summed E-state index contributed by atoms with van der Waals surface area (Å²) in [6, 6.07) is 6.41. The molecule has 1 aromatic rings. The predicted molar refractivity (Wildman–Crippen MR) is 112 cm³/mol. The molecule has 2 N–H and O–H groups in total. The van der Waals surface area contributed by atoms with Crippen LogP contribution in [-0.2, 0) is 9.59 Å². The zero-order valence-electron chi connectivity index (χ0n) is 17.4. The van der Waals surface area contributed by atoms with E-state index in [2.05, 4.69) is 5.32 Å². The molecular weight excluding hydrogens is 368 g/mol. The molecule has 2 fully saturated rings. The standard InChI is InChI=1S/C23H34N2O4/c1-17(29-21-10-8-20(26)9-11-21)23(28)24-19-13-15-25(16-14-19)22(27)12-7-18-5-3-2-4-6-18/h8-11,17-19,26H,2-7,12-16H2,1H3,(H,24,28). The number of carbonyl (C=O) groups is 2. The lowest BCUT2D eigenvalue weighted by molar-refractivity contribution is -0.133. The first kappa shape index (κ1) is 21.5. The van der Waals surface area contributed by atoms with Crippen molar-refractivity contribution in [1.82, 2.24) is 10.2 Å². The minimum atomic E-state index is -0.616. The van der Waals surface area contributed by atoms with E-state index >= 15 is 0 Å². The van der Waals surface area contributed by atoms with Crippen molar-refractivity contribution in [2.45, 2.75) is 76.9 Å².